The van der Waals surface area contributed by atoms with Crippen molar-refractivity contribution in [3.63, 3.8) is 0 Å². The highest BCUT2D eigenvalue weighted by molar-refractivity contribution is 5.87. The summed E-state index contributed by atoms with van der Waals surface area (Å²) < 4.78 is 0. The van der Waals surface area contributed by atoms with Crippen molar-refractivity contribution in [3.05, 3.63) is 12.7 Å². The lowest BCUT2D eigenvalue weighted by Gasteiger charge is -2.21. The molecule has 3 nitrogen and oxygen atoms in total. The molecule has 0 radical (unpaired) electrons. The van der Waals surface area contributed by atoms with Gasteiger partial charge in [-0.25, -0.2) is 0 Å². The highest BCUT2D eigenvalue weighted by Gasteiger charge is 2.41. The van der Waals surface area contributed by atoms with Crippen LogP contribution in [0.3, 0.4) is 0 Å². The summed E-state index contributed by atoms with van der Waals surface area (Å²) >= 11 is 0. The number of hydrogen-bond acceptors (Lipinski definition) is 2. The van der Waals surface area contributed by atoms with Crippen LogP contribution in [0.2, 0.25) is 0 Å². The fourth-order valence-electron chi connectivity index (χ4n) is 2.40. The first-order valence-electron chi connectivity index (χ1n) is 4.88. The van der Waals surface area contributed by atoms with Crippen molar-refractivity contribution in [3.8, 4) is 0 Å². The van der Waals surface area contributed by atoms with Crippen molar-refractivity contribution in [2.45, 2.75) is 12.8 Å². The summed E-state index contributed by atoms with van der Waals surface area (Å²) in [4.78, 5) is 13.3. The molecule has 3 heteroatoms. The van der Waals surface area contributed by atoms with Gasteiger partial charge in [0.05, 0.1) is 0 Å². The number of carbonyl (C=O) groups excluding carboxylic acids is 1. The molecule has 2 aliphatic rings. The Balaban J connectivity index is 2.00. The number of likely N-dealkylation sites (tertiary alicyclic amines) is 1. The van der Waals surface area contributed by atoms with Crippen LogP contribution in [-0.2, 0) is 4.79 Å². The number of nitrogens with zero attached hydrogens (tertiary/aromatic N) is 1. The predicted molar refractivity (Wildman–Crippen MR) is 51.3 cm³/mol. The van der Waals surface area contributed by atoms with Crippen LogP contribution in [0.4, 0.5) is 0 Å². The Bertz CT molecular complexity index is 231. The van der Waals surface area contributed by atoms with Gasteiger partial charge in [-0.15, -0.1) is 0 Å². The summed E-state index contributed by atoms with van der Waals surface area (Å²) in [5, 5.41) is 3.37. The molecule has 2 heterocycles. The first-order valence-corrected chi connectivity index (χ1v) is 4.88. The Morgan fingerprint density at radius 2 is 2.38 bits per heavy atom. The lowest BCUT2D eigenvalue weighted by Crippen LogP contribution is -2.32. The SMILES string of the molecule is C=CC(=O)N1CC[C@]2(CCNC2)C1. The zero-order valence-corrected chi connectivity index (χ0v) is 7.88. The Morgan fingerprint density at radius 3 is 3.00 bits per heavy atom. The summed E-state index contributed by atoms with van der Waals surface area (Å²) in [5.41, 5.74) is 0.388. The molecule has 0 aliphatic carbocycles. The summed E-state index contributed by atoms with van der Waals surface area (Å²) in [6, 6.07) is 0. The van der Waals surface area contributed by atoms with Gasteiger partial charge >= 0.3 is 0 Å². The molecule has 0 aromatic carbocycles. The molecule has 0 aromatic heterocycles. The standard InChI is InChI=1S/C10H16N2O/c1-2-9(13)12-6-4-10(8-12)3-5-11-7-10/h2,11H,1,3-8H2/t10-/m0/s1. The molecule has 1 atom stereocenters. The maximum absolute atomic E-state index is 11.3. The van der Waals surface area contributed by atoms with E-state index in [9.17, 15) is 4.79 Å². The van der Waals surface area contributed by atoms with Crippen molar-refractivity contribution in [2.75, 3.05) is 26.2 Å². The van der Waals surface area contributed by atoms with Crippen LogP contribution in [0, 0.1) is 5.41 Å². The van der Waals surface area contributed by atoms with Crippen molar-refractivity contribution in [1.29, 1.82) is 0 Å². The van der Waals surface area contributed by atoms with E-state index >= 15 is 0 Å². The monoisotopic (exact) mass is 180 g/mol. The van der Waals surface area contributed by atoms with Gasteiger partial charge in [-0.05, 0) is 25.5 Å². The number of rotatable bonds is 1. The fraction of sp³-hybridized carbons (Fsp3) is 0.700. The van der Waals surface area contributed by atoms with E-state index in [1.54, 1.807) is 0 Å². The van der Waals surface area contributed by atoms with Gasteiger partial charge in [-0.3, -0.25) is 4.79 Å². The minimum absolute atomic E-state index is 0.0868. The molecule has 0 bridgehead atoms. The number of hydrogen-bond donors (Lipinski definition) is 1. The smallest absolute Gasteiger partial charge is 0.245 e. The molecular weight excluding hydrogens is 164 g/mol. The summed E-state index contributed by atoms with van der Waals surface area (Å²) in [6.45, 7) is 7.53. The summed E-state index contributed by atoms with van der Waals surface area (Å²) in [7, 11) is 0. The van der Waals surface area contributed by atoms with Crippen molar-refractivity contribution in [1.82, 2.24) is 10.2 Å². The van der Waals surface area contributed by atoms with Gasteiger partial charge in [0, 0.05) is 25.0 Å². The quantitative estimate of drug-likeness (QED) is 0.592. The molecule has 2 rings (SSSR count). The predicted octanol–water partition coefficient (Wildman–Crippen LogP) is 0.384. The topological polar surface area (TPSA) is 32.3 Å². The fourth-order valence-corrected chi connectivity index (χ4v) is 2.40. The van der Waals surface area contributed by atoms with E-state index in [1.165, 1.54) is 12.5 Å². The molecule has 2 saturated heterocycles. The lowest BCUT2D eigenvalue weighted by molar-refractivity contribution is -0.125. The molecule has 2 fully saturated rings. The maximum Gasteiger partial charge on any atom is 0.245 e. The third-order valence-electron chi connectivity index (χ3n) is 3.26. The van der Waals surface area contributed by atoms with Crippen LogP contribution in [0.5, 0.6) is 0 Å². The van der Waals surface area contributed by atoms with E-state index in [1.807, 2.05) is 4.90 Å². The van der Waals surface area contributed by atoms with Crippen LogP contribution >= 0.6 is 0 Å². The van der Waals surface area contributed by atoms with Gasteiger partial charge in [0.15, 0.2) is 0 Å². The normalized spacial score (nSPS) is 32.8. The Kier molecular flexibility index (Phi) is 2.12. The second-order valence-corrected chi connectivity index (χ2v) is 4.14. The van der Waals surface area contributed by atoms with E-state index in [4.69, 9.17) is 0 Å². The summed E-state index contributed by atoms with van der Waals surface area (Å²) in [6.07, 6.45) is 3.79. The van der Waals surface area contributed by atoms with Gasteiger partial charge in [0.2, 0.25) is 5.91 Å². The molecule has 1 spiro atoms. The van der Waals surface area contributed by atoms with Crippen molar-refractivity contribution >= 4 is 5.91 Å². The second kappa shape index (κ2) is 3.14. The summed E-state index contributed by atoms with van der Waals surface area (Å²) in [5.74, 6) is 0.0868. The third kappa shape index (κ3) is 1.48. The first kappa shape index (κ1) is 8.75. The lowest BCUT2D eigenvalue weighted by atomic mass is 9.87. The minimum Gasteiger partial charge on any atom is -0.339 e. The Labute approximate surface area is 78.8 Å². The Hall–Kier alpha value is -0.830. The van der Waals surface area contributed by atoms with Crippen LogP contribution in [-0.4, -0.2) is 37.0 Å². The minimum atomic E-state index is 0.0868. The van der Waals surface area contributed by atoms with E-state index < -0.39 is 0 Å². The molecular formula is C10H16N2O. The molecule has 0 aromatic rings. The van der Waals surface area contributed by atoms with E-state index in [0.29, 0.717) is 5.41 Å². The largest absolute Gasteiger partial charge is 0.339 e. The molecule has 0 saturated carbocycles. The molecule has 13 heavy (non-hydrogen) atoms. The Morgan fingerprint density at radius 1 is 1.54 bits per heavy atom. The van der Waals surface area contributed by atoms with Gasteiger partial charge in [-0.1, -0.05) is 6.58 Å². The molecule has 72 valence electrons. The molecule has 1 N–H and O–H groups in total. The van der Waals surface area contributed by atoms with Gasteiger partial charge in [-0.2, -0.15) is 0 Å². The number of nitrogens with one attached hydrogen (secondary N) is 1. The van der Waals surface area contributed by atoms with Gasteiger partial charge < -0.3 is 10.2 Å². The highest BCUT2D eigenvalue weighted by Crippen LogP contribution is 2.35. The number of amides is 1. The maximum atomic E-state index is 11.3. The van der Waals surface area contributed by atoms with E-state index in [2.05, 4.69) is 11.9 Å². The zero-order valence-electron chi connectivity index (χ0n) is 7.88. The average molecular weight is 180 g/mol. The van der Waals surface area contributed by atoms with Crippen molar-refractivity contribution in [2.24, 2.45) is 5.41 Å². The molecule has 0 unspecified atom stereocenters. The average Bonchev–Trinajstić information content (AvgIpc) is 2.76. The van der Waals surface area contributed by atoms with Gasteiger partial charge in [0.1, 0.15) is 0 Å². The molecule has 2 aliphatic heterocycles. The molecule has 1 amide bonds. The van der Waals surface area contributed by atoms with Crippen molar-refractivity contribution < 1.29 is 4.79 Å². The second-order valence-electron chi connectivity index (χ2n) is 4.14. The van der Waals surface area contributed by atoms with Gasteiger partial charge in [0.25, 0.3) is 0 Å². The van der Waals surface area contributed by atoms with Crippen LogP contribution in [0.1, 0.15) is 12.8 Å². The van der Waals surface area contributed by atoms with Crippen LogP contribution in [0.15, 0.2) is 12.7 Å². The van der Waals surface area contributed by atoms with E-state index in [-0.39, 0.29) is 5.91 Å². The zero-order chi connectivity index (χ0) is 9.31. The highest BCUT2D eigenvalue weighted by atomic mass is 16.2. The van der Waals surface area contributed by atoms with E-state index in [0.717, 1.165) is 32.6 Å². The van der Waals surface area contributed by atoms with Crippen LogP contribution in [0.25, 0.3) is 0 Å². The first-order chi connectivity index (χ1) is 6.26. The third-order valence-corrected chi connectivity index (χ3v) is 3.26. The van der Waals surface area contributed by atoms with Crippen LogP contribution < -0.4 is 5.32 Å². The number of carbonyl (C=O) groups is 1.